The molecule has 0 radical (unpaired) electrons. The summed E-state index contributed by atoms with van der Waals surface area (Å²) < 4.78 is 1.77. The second-order valence-electron chi connectivity index (χ2n) is 7.34. The second-order valence-corrected chi connectivity index (χ2v) is 7.34. The van der Waals surface area contributed by atoms with Gasteiger partial charge < -0.3 is 10.2 Å². The molecule has 0 atom stereocenters. The first-order valence-electron chi connectivity index (χ1n) is 10.5. The molecule has 4 rings (SSSR count). The molecule has 1 aliphatic heterocycles. The lowest BCUT2D eigenvalue weighted by atomic mass is 10.0. The third-order valence-corrected chi connectivity index (χ3v) is 5.17. The van der Waals surface area contributed by atoms with Crippen LogP contribution < -0.4 is 5.32 Å². The van der Waals surface area contributed by atoms with Crippen molar-refractivity contribution in [3.63, 3.8) is 0 Å². The Hall–Kier alpha value is -3.41. The highest BCUT2D eigenvalue weighted by Crippen LogP contribution is 2.19. The molecule has 1 N–H and O–H groups in total. The fraction of sp³-hybridized carbons (Fsp3) is 0.292. The predicted octanol–water partition coefficient (Wildman–Crippen LogP) is 3.91. The molecule has 0 bridgehead atoms. The van der Waals surface area contributed by atoms with Gasteiger partial charge in [-0.25, -0.2) is 14.7 Å². The van der Waals surface area contributed by atoms with Crippen molar-refractivity contribution >= 4 is 12.0 Å². The Bertz CT molecular complexity index is 982. The van der Waals surface area contributed by atoms with Crippen molar-refractivity contribution in [3.05, 3.63) is 83.8 Å². The summed E-state index contributed by atoms with van der Waals surface area (Å²) in [5.74, 6) is 1.79. The van der Waals surface area contributed by atoms with E-state index in [1.807, 2.05) is 30.6 Å². The van der Waals surface area contributed by atoms with Crippen LogP contribution in [0.25, 0.3) is 11.9 Å². The Morgan fingerprint density at radius 3 is 2.67 bits per heavy atom. The molecule has 1 aliphatic rings. The molecule has 1 fully saturated rings. The Labute approximate surface area is 178 Å². The van der Waals surface area contributed by atoms with E-state index < -0.39 is 0 Å². The monoisotopic (exact) mass is 400 g/mol. The summed E-state index contributed by atoms with van der Waals surface area (Å²) in [6.07, 6.45) is 9.93. The van der Waals surface area contributed by atoms with E-state index in [1.165, 1.54) is 11.1 Å². The van der Waals surface area contributed by atoms with Crippen LogP contribution in [0.5, 0.6) is 0 Å². The molecule has 30 heavy (non-hydrogen) atoms. The van der Waals surface area contributed by atoms with Crippen molar-refractivity contribution in [2.75, 3.05) is 19.6 Å². The number of hydrogen-bond acceptors (Lipinski definition) is 3. The quantitative estimate of drug-likeness (QED) is 0.521. The number of aliphatic imine (C=N–C) groups is 1. The third kappa shape index (κ3) is 5.14. The van der Waals surface area contributed by atoms with Gasteiger partial charge in [0.2, 0.25) is 0 Å². The highest BCUT2D eigenvalue weighted by molar-refractivity contribution is 5.80. The standard InChI is InChI=1S/C24H28N6/c1-2-25-24(27-19-22-9-13-26-23(18-22)30-14-6-12-28-30)29-15-10-21(11-16-29)17-20-7-4-3-5-8-20/h3-9,12-14,17-18H,2,10-11,15-16,19H2,1H3,(H,25,27). The molecule has 0 saturated carbocycles. The molecule has 3 aromatic rings. The van der Waals surface area contributed by atoms with Crippen LogP contribution in [0.15, 0.2) is 77.7 Å². The van der Waals surface area contributed by atoms with Crippen molar-refractivity contribution in [2.45, 2.75) is 26.3 Å². The average molecular weight is 401 g/mol. The first-order chi connectivity index (χ1) is 14.8. The summed E-state index contributed by atoms with van der Waals surface area (Å²) in [6, 6.07) is 16.5. The smallest absolute Gasteiger partial charge is 0.194 e. The minimum Gasteiger partial charge on any atom is -0.357 e. The van der Waals surface area contributed by atoms with E-state index in [2.05, 4.69) is 63.6 Å². The molecule has 2 aromatic heterocycles. The lowest BCUT2D eigenvalue weighted by Gasteiger charge is -2.31. The SMILES string of the molecule is CCNC(=NCc1ccnc(-n2cccn2)c1)N1CCC(=Cc2ccccc2)CC1. The fourth-order valence-corrected chi connectivity index (χ4v) is 3.62. The number of hydrogen-bond donors (Lipinski definition) is 1. The molecule has 0 unspecified atom stereocenters. The number of guanidine groups is 1. The van der Waals surface area contributed by atoms with E-state index in [0.29, 0.717) is 6.54 Å². The Morgan fingerprint density at radius 1 is 1.10 bits per heavy atom. The topological polar surface area (TPSA) is 58.3 Å². The zero-order chi connectivity index (χ0) is 20.6. The van der Waals surface area contributed by atoms with Crippen LogP contribution in [0.4, 0.5) is 0 Å². The van der Waals surface area contributed by atoms with Gasteiger partial charge >= 0.3 is 0 Å². The van der Waals surface area contributed by atoms with Crippen LogP contribution in [-0.2, 0) is 6.54 Å². The van der Waals surface area contributed by atoms with Gasteiger partial charge in [-0.05, 0) is 49.1 Å². The van der Waals surface area contributed by atoms with E-state index in [9.17, 15) is 0 Å². The number of pyridine rings is 1. The van der Waals surface area contributed by atoms with E-state index in [0.717, 1.165) is 49.8 Å². The zero-order valence-corrected chi connectivity index (χ0v) is 17.4. The lowest BCUT2D eigenvalue weighted by Crippen LogP contribution is -2.44. The highest BCUT2D eigenvalue weighted by atomic mass is 15.3. The molecule has 0 spiro atoms. The minimum absolute atomic E-state index is 0.613. The zero-order valence-electron chi connectivity index (χ0n) is 17.4. The molecule has 1 saturated heterocycles. The number of rotatable bonds is 5. The molecular formula is C24H28N6. The first-order valence-corrected chi connectivity index (χ1v) is 10.5. The van der Waals surface area contributed by atoms with Gasteiger partial charge in [0.25, 0.3) is 0 Å². The van der Waals surface area contributed by atoms with Gasteiger partial charge in [0.1, 0.15) is 0 Å². The molecule has 6 nitrogen and oxygen atoms in total. The maximum absolute atomic E-state index is 4.89. The van der Waals surface area contributed by atoms with Crippen molar-refractivity contribution in [3.8, 4) is 5.82 Å². The summed E-state index contributed by atoms with van der Waals surface area (Å²) in [7, 11) is 0. The number of aromatic nitrogens is 3. The van der Waals surface area contributed by atoms with E-state index >= 15 is 0 Å². The van der Waals surface area contributed by atoms with Crippen LogP contribution in [0.3, 0.4) is 0 Å². The molecule has 3 heterocycles. The Balaban J connectivity index is 1.41. The normalized spacial score (nSPS) is 14.6. The summed E-state index contributed by atoms with van der Waals surface area (Å²) in [5, 5.41) is 7.71. The second kappa shape index (κ2) is 9.87. The van der Waals surface area contributed by atoms with Crippen molar-refractivity contribution < 1.29 is 0 Å². The predicted molar refractivity (Wildman–Crippen MR) is 121 cm³/mol. The highest BCUT2D eigenvalue weighted by Gasteiger charge is 2.17. The van der Waals surface area contributed by atoms with Gasteiger partial charge in [0.15, 0.2) is 11.8 Å². The average Bonchev–Trinajstić information content (AvgIpc) is 3.33. The van der Waals surface area contributed by atoms with Crippen LogP contribution in [-0.4, -0.2) is 45.3 Å². The summed E-state index contributed by atoms with van der Waals surface area (Å²) >= 11 is 0. The van der Waals surface area contributed by atoms with E-state index in [-0.39, 0.29) is 0 Å². The van der Waals surface area contributed by atoms with Gasteiger partial charge in [0.05, 0.1) is 6.54 Å². The molecule has 0 aliphatic carbocycles. The Kier molecular flexibility index (Phi) is 6.54. The van der Waals surface area contributed by atoms with E-state index in [4.69, 9.17) is 4.99 Å². The van der Waals surface area contributed by atoms with Crippen LogP contribution in [0.2, 0.25) is 0 Å². The van der Waals surface area contributed by atoms with Gasteiger partial charge in [-0.3, -0.25) is 0 Å². The molecule has 0 amide bonds. The Morgan fingerprint density at radius 2 is 1.93 bits per heavy atom. The van der Waals surface area contributed by atoms with Crippen LogP contribution in [0, 0.1) is 0 Å². The molecule has 6 heteroatoms. The summed E-state index contributed by atoms with van der Waals surface area (Å²) in [6.45, 7) is 5.56. The van der Waals surface area contributed by atoms with E-state index in [1.54, 1.807) is 10.9 Å². The van der Waals surface area contributed by atoms with Gasteiger partial charge in [-0.15, -0.1) is 0 Å². The third-order valence-electron chi connectivity index (χ3n) is 5.17. The first kappa shape index (κ1) is 19.9. The number of benzene rings is 1. The maximum Gasteiger partial charge on any atom is 0.194 e. The number of piperidine rings is 1. The minimum atomic E-state index is 0.613. The lowest BCUT2D eigenvalue weighted by molar-refractivity contribution is 0.375. The largest absolute Gasteiger partial charge is 0.357 e. The summed E-state index contributed by atoms with van der Waals surface area (Å²) in [5.41, 5.74) is 3.91. The molecule has 1 aromatic carbocycles. The van der Waals surface area contributed by atoms with Crippen molar-refractivity contribution in [1.82, 2.24) is 25.0 Å². The van der Waals surface area contributed by atoms with Gasteiger partial charge in [-0.1, -0.05) is 42.0 Å². The van der Waals surface area contributed by atoms with Crippen molar-refractivity contribution in [1.29, 1.82) is 0 Å². The van der Waals surface area contributed by atoms with Crippen LogP contribution in [0.1, 0.15) is 30.9 Å². The summed E-state index contributed by atoms with van der Waals surface area (Å²) in [4.78, 5) is 11.7. The number of likely N-dealkylation sites (tertiary alicyclic amines) is 1. The number of nitrogens with zero attached hydrogens (tertiary/aromatic N) is 5. The fourth-order valence-electron chi connectivity index (χ4n) is 3.62. The molecule has 154 valence electrons. The molecular weight excluding hydrogens is 372 g/mol. The van der Waals surface area contributed by atoms with Crippen LogP contribution >= 0.6 is 0 Å². The van der Waals surface area contributed by atoms with Gasteiger partial charge in [0, 0.05) is 38.2 Å². The van der Waals surface area contributed by atoms with Crippen molar-refractivity contribution in [2.24, 2.45) is 4.99 Å². The number of nitrogens with one attached hydrogen (secondary N) is 1. The van der Waals surface area contributed by atoms with Gasteiger partial charge in [-0.2, -0.15) is 5.10 Å². The maximum atomic E-state index is 4.89.